The molecule has 1 unspecified atom stereocenters. The Kier molecular flexibility index (Phi) is 7.37. The lowest BCUT2D eigenvalue weighted by molar-refractivity contribution is 0.170. The molecule has 0 radical (unpaired) electrons. The molecule has 0 N–H and O–H groups in total. The number of aromatic nitrogens is 6. The van der Waals surface area contributed by atoms with E-state index in [0.29, 0.717) is 6.54 Å². The maximum Gasteiger partial charge on any atom is 0.169 e. The van der Waals surface area contributed by atoms with Crippen LogP contribution in [-0.2, 0) is 13.0 Å². The zero-order valence-electron chi connectivity index (χ0n) is 21.4. The van der Waals surface area contributed by atoms with Gasteiger partial charge in [0.1, 0.15) is 0 Å². The van der Waals surface area contributed by atoms with Gasteiger partial charge in [-0.1, -0.05) is 55.3 Å². The van der Waals surface area contributed by atoms with Crippen molar-refractivity contribution in [3.05, 3.63) is 90.0 Å². The van der Waals surface area contributed by atoms with Gasteiger partial charge in [0.05, 0.1) is 18.3 Å². The molecule has 6 rings (SSSR count). The minimum absolute atomic E-state index is 0.123. The number of hydrogen-bond acceptors (Lipinski definition) is 6. The van der Waals surface area contributed by atoms with Crippen LogP contribution in [-0.4, -0.2) is 72.0 Å². The van der Waals surface area contributed by atoms with E-state index in [4.69, 9.17) is 0 Å². The van der Waals surface area contributed by atoms with Crippen LogP contribution in [0.4, 0.5) is 0 Å². The van der Waals surface area contributed by atoms with Crippen molar-refractivity contribution in [3.8, 4) is 5.69 Å². The summed E-state index contributed by atoms with van der Waals surface area (Å²) < 4.78 is 3.89. The third-order valence-corrected chi connectivity index (χ3v) is 8.01. The van der Waals surface area contributed by atoms with Crippen molar-refractivity contribution < 1.29 is 0 Å². The fourth-order valence-corrected chi connectivity index (χ4v) is 6.04. The Morgan fingerprint density at radius 1 is 0.811 bits per heavy atom. The van der Waals surface area contributed by atoms with Gasteiger partial charge in [-0.15, -0.1) is 5.10 Å². The SMILES string of the molecule is c1ccc(Cn2nnnc2C(Cc2ccc(-n3cccn3)cc2)N2CCCN(C3CCCC3)CC2)cc1. The average molecular weight is 497 g/mol. The van der Waals surface area contributed by atoms with Crippen molar-refractivity contribution in [2.24, 2.45) is 0 Å². The van der Waals surface area contributed by atoms with Gasteiger partial charge in [-0.25, -0.2) is 9.36 Å². The Balaban J connectivity index is 1.25. The molecule has 8 nitrogen and oxygen atoms in total. The highest BCUT2D eigenvalue weighted by molar-refractivity contribution is 5.34. The van der Waals surface area contributed by atoms with Gasteiger partial charge in [-0.05, 0) is 72.0 Å². The summed E-state index contributed by atoms with van der Waals surface area (Å²) in [6.07, 6.45) is 11.3. The largest absolute Gasteiger partial charge is 0.299 e. The van der Waals surface area contributed by atoms with E-state index in [0.717, 1.165) is 43.6 Å². The maximum absolute atomic E-state index is 4.60. The zero-order valence-corrected chi connectivity index (χ0v) is 21.4. The topological polar surface area (TPSA) is 67.9 Å². The van der Waals surface area contributed by atoms with Crippen molar-refractivity contribution in [3.63, 3.8) is 0 Å². The van der Waals surface area contributed by atoms with Gasteiger partial charge in [0.15, 0.2) is 5.82 Å². The summed E-state index contributed by atoms with van der Waals surface area (Å²) in [5.41, 5.74) is 3.56. The number of tetrazole rings is 1. The van der Waals surface area contributed by atoms with Crippen LogP contribution in [0.2, 0.25) is 0 Å². The minimum atomic E-state index is 0.123. The van der Waals surface area contributed by atoms with Crippen molar-refractivity contribution in [1.29, 1.82) is 0 Å². The predicted molar refractivity (Wildman–Crippen MR) is 143 cm³/mol. The van der Waals surface area contributed by atoms with Crippen LogP contribution in [0.25, 0.3) is 5.69 Å². The second-order valence-electron chi connectivity index (χ2n) is 10.4. The molecule has 1 atom stereocenters. The Bertz CT molecular complexity index is 1230. The summed E-state index contributed by atoms with van der Waals surface area (Å²) >= 11 is 0. The lowest BCUT2D eigenvalue weighted by Gasteiger charge is -2.31. The summed E-state index contributed by atoms with van der Waals surface area (Å²) in [4.78, 5) is 5.37. The summed E-state index contributed by atoms with van der Waals surface area (Å²) in [5, 5.41) is 17.5. The predicted octanol–water partition coefficient (Wildman–Crippen LogP) is 4.14. The first-order chi connectivity index (χ1) is 18.3. The van der Waals surface area contributed by atoms with Gasteiger partial charge in [0.25, 0.3) is 0 Å². The Morgan fingerprint density at radius 3 is 2.43 bits per heavy atom. The van der Waals surface area contributed by atoms with Crippen molar-refractivity contribution in [1.82, 2.24) is 39.8 Å². The van der Waals surface area contributed by atoms with Crippen molar-refractivity contribution in [2.75, 3.05) is 26.2 Å². The van der Waals surface area contributed by atoms with Gasteiger partial charge in [0, 0.05) is 38.1 Å². The lowest BCUT2D eigenvalue weighted by atomic mass is 10.0. The second kappa shape index (κ2) is 11.4. The molecule has 0 amide bonds. The maximum atomic E-state index is 4.60. The van der Waals surface area contributed by atoms with E-state index in [1.807, 2.05) is 33.9 Å². The van der Waals surface area contributed by atoms with E-state index in [1.54, 1.807) is 0 Å². The molecular formula is C29H36N8. The van der Waals surface area contributed by atoms with Crippen LogP contribution in [0.1, 0.15) is 55.1 Å². The van der Waals surface area contributed by atoms with Crippen LogP contribution < -0.4 is 0 Å². The van der Waals surface area contributed by atoms with Crippen molar-refractivity contribution in [2.45, 2.75) is 57.2 Å². The second-order valence-corrected chi connectivity index (χ2v) is 10.4. The summed E-state index contributed by atoms with van der Waals surface area (Å²) in [6.45, 7) is 5.11. The fraction of sp³-hybridized carbons (Fsp3) is 0.448. The van der Waals surface area contributed by atoms with E-state index in [-0.39, 0.29) is 6.04 Å². The van der Waals surface area contributed by atoms with E-state index in [2.05, 4.69) is 79.0 Å². The molecular weight excluding hydrogens is 460 g/mol. The number of benzene rings is 2. The van der Waals surface area contributed by atoms with E-state index >= 15 is 0 Å². The first kappa shape index (κ1) is 24.0. The fourth-order valence-electron chi connectivity index (χ4n) is 6.04. The molecule has 1 saturated carbocycles. The molecule has 192 valence electrons. The number of rotatable bonds is 8. The molecule has 37 heavy (non-hydrogen) atoms. The molecule has 1 aliphatic heterocycles. The minimum Gasteiger partial charge on any atom is -0.299 e. The van der Waals surface area contributed by atoms with Gasteiger partial charge < -0.3 is 0 Å². The molecule has 0 spiro atoms. The lowest BCUT2D eigenvalue weighted by Crippen LogP contribution is -2.38. The molecule has 2 fully saturated rings. The summed E-state index contributed by atoms with van der Waals surface area (Å²) in [6, 6.07) is 22.1. The monoisotopic (exact) mass is 496 g/mol. The molecule has 1 aliphatic carbocycles. The molecule has 2 aromatic carbocycles. The van der Waals surface area contributed by atoms with Gasteiger partial charge in [-0.3, -0.25) is 9.80 Å². The average Bonchev–Trinajstić information content (AvgIpc) is 3.71. The molecule has 2 aliphatic rings. The third kappa shape index (κ3) is 5.65. The standard InChI is InChI=1S/C29H36N8/c1-2-8-25(9-3-1)23-37-29(31-32-33-37)28(22-24-12-14-27(15-13-24)36-19-6-16-30-36)35-18-7-17-34(20-21-35)26-10-4-5-11-26/h1-3,6,8-9,12-16,19,26,28H,4-5,7,10-11,17-18,20-23H2. The highest BCUT2D eigenvalue weighted by Gasteiger charge is 2.30. The van der Waals surface area contributed by atoms with Gasteiger partial charge in [0.2, 0.25) is 0 Å². The van der Waals surface area contributed by atoms with Crippen LogP contribution in [0.5, 0.6) is 0 Å². The van der Waals surface area contributed by atoms with E-state index in [9.17, 15) is 0 Å². The molecule has 2 aromatic heterocycles. The van der Waals surface area contributed by atoms with Crippen molar-refractivity contribution >= 4 is 0 Å². The normalized spacial score (nSPS) is 18.7. The molecule has 3 heterocycles. The summed E-state index contributed by atoms with van der Waals surface area (Å²) in [5.74, 6) is 0.953. The van der Waals surface area contributed by atoms with Gasteiger partial charge >= 0.3 is 0 Å². The molecule has 1 saturated heterocycles. The van der Waals surface area contributed by atoms with Crippen LogP contribution >= 0.6 is 0 Å². The first-order valence-corrected chi connectivity index (χ1v) is 13.7. The van der Waals surface area contributed by atoms with Crippen LogP contribution in [0, 0.1) is 0 Å². The van der Waals surface area contributed by atoms with E-state index < -0.39 is 0 Å². The molecule has 0 bridgehead atoms. The summed E-state index contributed by atoms with van der Waals surface area (Å²) in [7, 11) is 0. The number of nitrogens with zero attached hydrogens (tertiary/aromatic N) is 8. The van der Waals surface area contributed by atoms with E-state index in [1.165, 1.54) is 49.8 Å². The quantitative estimate of drug-likeness (QED) is 0.365. The van der Waals surface area contributed by atoms with Crippen LogP contribution in [0.15, 0.2) is 73.1 Å². The highest BCUT2D eigenvalue weighted by Crippen LogP contribution is 2.28. The molecule has 4 aromatic rings. The smallest absolute Gasteiger partial charge is 0.169 e. The Hall–Kier alpha value is -3.36. The number of hydrogen-bond donors (Lipinski definition) is 0. The Morgan fingerprint density at radius 2 is 1.65 bits per heavy atom. The zero-order chi connectivity index (χ0) is 24.9. The van der Waals surface area contributed by atoms with Crippen LogP contribution in [0.3, 0.4) is 0 Å². The highest BCUT2D eigenvalue weighted by atomic mass is 15.5. The first-order valence-electron chi connectivity index (χ1n) is 13.7. The molecule has 8 heteroatoms. The Labute approximate surface area is 218 Å². The van der Waals surface area contributed by atoms with Gasteiger partial charge in [-0.2, -0.15) is 5.10 Å². The third-order valence-electron chi connectivity index (χ3n) is 8.01.